The number of rotatable bonds is 2. The molecule has 1 aliphatic carbocycles. The summed E-state index contributed by atoms with van der Waals surface area (Å²) in [5.74, 6) is 1.43. The maximum absolute atomic E-state index is 2.38. The molecular weight excluding hydrogens is 182 g/mol. The zero-order valence-corrected chi connectivity index (χ0v) is 10.2. The number of hydrogen-bond acceptors (Lipinski definition) is 1. The van der Waals surface area contributed by atoms with E-state index in [1.165, 1.54) is 6.42 Å². The molecule has 1 aliphatic rings. The van der Waals surface area contributed by atoms with Crippen LogP contribution in [0.3, 0.4) is 0 Å². The van der Waals surface area contributed by atoms with E-state index in [1.54, 1.807) is 11.1 Å². The summed E-state index contributed by atoms with van der Waals surface area (Å²) in [6.45, 7) is 4.67. The van der Waals surface area contributed by atoms with Crippen molar-refractivity contribution in [1.82, 2.24) is 4.90 Å². The van der Waals surface area contributed by atoms with Gasteiger partial charge >= 0.3 is 0 Å². The molecule has 0 heterocycles. The third-order valence-electron chi connectivity index (χ3n) is 3.64. The van der Waals surface area contributed by atoms with Crippen LogP contribution in [0.5, 0.6) is 0 Å². The fraction of sp³-hybridized carbons (Fsp3) is 0.571. The second-order valence-electron chi connectivity index (χ2n) is 5.20. The summed E-state index contributed by atoms with van der Waals surface area (Å²) in [4.78, 5) is 2.38. The van der Waals surface area contributed by atoms with Crippen molar-refractivity contribution in [2.75, 3.05) is 14.1 Å². The Balaban J connectivity index is 2.38. The van der Waals surface area contributed by atoms with E-state index in [0.717, 1.165) is 5.92 Å². The van der Waals surface area contributed by atoms with E-state index in [0.29, 0.717) is 12.0 Å². The zero-order chi connectivity index (χ0) is 11.0. The predicted octanol–water partition coefficient (Wildman–Crippen LogP) is 2.91. The van der Waals surface area contributed by atoms with Gasteiger partial charge in [0.25, 0.3) is 0 Å². The highest BCUT2D eigenvalue weighted by atomic mass is 15.1. The van der Waals surface area contributed by atoms with Gasteiger partial charge in [0.1, 0.15) is 0 Å². The molecule has 0 aliphatic heterocycles. The van der Waals surface area contributed by atoms with Gasteiger partial charge < -0.3 is 4.90 Å². The van der Waals surface area contributed by atoms with Crippen LogP contribution in [-0.2, 0) is 6.42 Å². The lowest BCUT2D eigenvalue weighted by Gasteiger charge is -2.29. The minimum absolute atomic E-state index is 0.683. The molecule has 0 saturated carbocycles. The first-order chi connectivity index (χ1) is 7.11. The second kappa shape index (κ2) is 3.97. The molecule has 1 aromatic carbocycles. The summed E-state index contributed by atoms with van der Waals surface area (Å²) in [6.07, 6.45) is 1.21. The van der Waals surface area contributed by atoms with Crippen LogP contribution in [0, 0.1) is 5.92 Å². The van der Waals surface area contributed by atoms with Gasteiger partial charge in [0.05, 0.1) is 0 Å². The lowest BCUT2D eigenvalue weighted by Crippen LogP contribution is -2.33. The second-order valence-corrected chi connectivity index (χ2v) is 5.20. The molecule has 0 radical (unpaired) electrons. The van der Waals surface area contributed by atoms with Crippen molar-refractivity contribution < 1.29 is 0 Å². The largest absolute Gasteiger partial charge is 0.305 e. The van der Waals surface area contributed by atoms with Gasteiger partial charge in [-0.05, 0) is 37.6 Å². The minimum atomic E-state index is 0.683. The Morgan fingerprint density at radius 3 is 2.47 bits per heavy atom. The Labute approximate surface area is 93.1 Å². The zero-order valence-electron chi connectivity index (χ0n) is 10.2. The molecule has 0 N–H and O–H groups in total. The van der Waals surface area contributed by atoms with Crippen LogP contribution in [0.25, 0.3) is 0 Å². The van der Waals surface area contributed by atoms with Crippen molar-refractivity contribution in [1.29, 1.82) is 0 Å². The first kappa shape index (κ1) is 10.7. The molecule has 1 heteroatoms. The van der Waals surface area contributed by atoms with Crippen molar-refractivity contribution in [2.24, 2.45) is 5.92 Å². The highest BCUT2D eigenvalue weighted by molar-refractivity contribution is 5.38. The number of hydrogen-bond donors (Lipinski definition) is 0. The smallest absolute Gasteiger partial charge is 0.0201 e. The molecule has 0 bridgehead atoms. The van der Waals surface area contributed by atoms with Gasteiger partial charge in [-0.3, -0.25) is 0 Å². The van der Waals surface area contributed by atoms with Gasteiger partial charge in [-0.25, -0.2) is 0 Å². The van der Waals surface area contributed by atoms with E-state index in [-0.39, 0.29) is 0 Å². The molecule has 2 atom stereocenters. The van der Waals surface area contributed by atoms with E-state index in [9.17, 15) is 0 Å². The van der Waals surface area contributed by atoms with E-state index < -0.39 is 0 Å². The van der Waals surface area contributed by atoms with E-state index in [2.05, 4.69) is 57.1 Å². The van der Waals surface area contributed by atoms with Crippen LogP contribution < -0.4 is 0 Å². The molecular formula is C14H21N. The maximum Gasteiger partial charge on any atom is 0.0201 e. The van der Waals surface area contributed by atoms with E-state index in [4.69, 9.17) is 0 Å². The summed E-state index contributed by atoms with van der Waals surface area (Å²) < 4.78 is 0. The lowest BCUT2D eigenvalue weighted by molar-refractivity contribution is 0.236. The summed E-state index contributed by atoms with van der Waals surface area (Å²) in [5, 5.41) is 0. The molecule has 1 aromatic rings. The van der Waals surface area contributed by atoms with Crippen LogP contribution in [0.2, 0.25) is 0 Å². The third-order valence-corrected chi connectivity index (χ3v) is 3.64. The average molecular weight is 203 g/mol. The fourth-order valence-electron chi connectivity index (χ4n) is 2.91. The maximum atomic E-state index is 2.38. The van der Waals surface area contributed by atoms with Crippen molar-refractivity contribution >= 4 is 0 Å². The minimum Gasteiger partial charge on any atom is -0.305 e. The standard InChI is InChI=1S/C14H21N/c1-10(2)14-12-8-6-5-7-11(12)9-13(14)15(3)4/h5-8,10,13-14H,9H2,1-4H3/t13-,14-/m1/s1. The van der Waals surface area contributed by atoms with E-state index >= 15 is 0 Å². The van der Waals surface area contributed by atoms with Crippen LogP contribution in [-0.4, -0.2) is 25.0 Å². The highest BCUT2D eigenvalue weighted by Crippen LogP contribution is 2.39. The fourth-order valence-corrected chi connectivity index (χ4v) is 2.91. The van der Waals surface area contributed by atoms with Crippen LogP contribution in [0.1, 0.15) is 30.9 Å². The SMILES string of the molecule is CC(C)[C@@H]1c2ccccc2C[C@H]1N(C)C. The summed E-state index contributed by atoms with van der Waals surface area (Å²) in [5.41, 5.74) is 3.13. The summed E-state index contributed by atoms with van der Waals surface area (Å²) >= 11 is 0. The van der Waals surface area contributed by atoms with Gasteiger partial charge in [0.15, 0.2) is 0 Å². The van der Waals surface area contributed by atoms with E-state index in [1.807, 2.05) is 0 Å². The normalized spacial score (nSPS) is 24.9. The van der Waals surface area contributed by atoms with Gasteiger partial charge in [-0.2, -0.15) is 0 Å². The Bertz CT molecular complexity index is 341. The van der Waals surface area contributed by atoms with Gasteiger partial charge in [0.2, 0.25) is 0 Å². The number of likely N-dealkylation sites (N-methyl/N-ethyl adjacent to an activating group) is 1. The van der Waals surface area contributed by atoms with Crippen molar-refractivity contribution in [3.63, 3.8) is 0 Å². The Morgan fingerprint density at radius 1 is 1.20 bits per heavy atom. The average Bonchev–Trinajstić information content (AvgIpc) is 2.56. The Hall–Kier alpha value is -0.820. The third kappa shape index (κ3) is 1.81. The van der Waals surface area contributed by atoms with Crippen LogP contribution in [0.15, 0.2) is 24.3 Å². The highest BCUT2D eigenvalue weighted by Gasteiger charge is 2.35. The molecule has 0 saturated heterocycles. The molecule has 2 rings (SSSR count). The van der Waals surface area contributed by atoms with Crippen molar-refractivity contribution in [2.45, 2.75) is 32.2 Å². The quantitative estimate of drug-likeness (QED) is 0.714. The summed E-state index contributed by atoms with van der Waals surface area (Å²) in [6, 6.07) is 9.61. The molecule has 15 heavy (non-hydrogen) atoms. The molecule has 82 valence electrons. The molecule has 0 aromatic heterocycles. The molecule has 0 spiro atoms. The number of fused-ring (bicyclic) bond motifs is 1. The Morgan fingerprint density at radius 2 is 1.87 bits per heavy atom. The van der Waals surface area contributed by atoms with Crippen molar-refractivity contribution in [3.05, 3.63) is 35.4 Å². The van der Waals surface area contributed by atoms with Crippen LogP contribution in [0.4, 0.5) is 0 Å². The Kier molecular flexibility index (Phi) is 2.83. The number of benzene rings is 1. The number of nitrogens with zero attached hydrogens (tertiary/aromatic N) is 1. The molecule has 0 unspecified atom stereocenters. The topological polar surface area (TPSA) is 3.24 Å². The van der Waals surface area contributed by atoms with Gasteiger partial charge in [-0.1, -0.05) is 38.1 Å². The first-order valence-corrected chi connectivity index (χ1v) is 5.85. The molecule has 1 nitrogen and oxygen atoms in total. The van der Waals surface area contributed by atoms with Gasteiger partial charge in [-0.15, -0.1) is 0 Å². The lowest BCUT2D eigenvalue weighted by atomic mass is 9.87. The summed E-state index contributed by atoms with van der Waals surface area (Å²) in [7, 11) is 4.40. The molecule has 0 amide bonds. The monoisotopic (exact) mass is 203 g/mol. The van der Waals surface area contributed by atoms with Gasteiger partial charge in [0, 0.05) is 12.0 Å². The predicted molar refractivity (Wildman–Crippen MR) is 65.2 cm³/mol. The molecule has 0 fully saturated rings. The van der Waals surface area contributed by atoms with Crippen molar-refractivity contribution in [3.8, 4) is 0 Å². The van der Waals surface area contributed by atoms with Crippen LogP contribution >= 0.6 is 0 Å². The first-order valence-electron chi connectivity index (χ1n) is 5.85.